The highest BCUT2D eigenvalue weighted by atomic mass is 35.5. The maximum atomic E-state index is 13.6. The molecule has 122 valence electrons. The smallest absolute Gasteiger partial charge is 0.228 e. The second-order valence-electron chi connectivity index (χ2n) is 6.15. The molecule has 1 saturated heterocycles. The number of benzene rings is 1. The van der Waals surface area contributed by atoms with E-state index in [0.29, 0.717) is 12.5 Å². The molecule has 0 unspecified atom stereocenters. The van der Waals surface area contributed by atoms with Crippen molar-refractivity contribution in [3.63, 3.8) is 0 Å². The molecule has 0 spiro atoms. The van der Waals surface area contributed by atoms with E-state index >= 15 is 0 Å². The van der Waals surface area contributed by atoms with Gasteiger partial charge in [-0.2, -0.15) is 0 Å². The van der Waals surface area contributed by atoms with Crippen LogP contribution in [0.25, 0.3) is 0 Å². The van der Waals surface area contributed by atoms with Crippen LogP contribution in [0.1, 0.15) is 31.2 Å². The lowest BCUT2D eigenvalue weighted by molar-refractivity contribution is -0.134. The van der Waals surface area contributed by atoms with Crippen LogP contribution in [0.2, 0.25) is 0 Å². The number of hydrogen-bond acceptors (Lipinski definition) is 2. The third-order valence-corrected chi connectivity index (χ3v) is 4.94. The van der Waals surface area contributed by atoms with Crippen LogP contribution in [0, 0.1) is 23.0 Å². The molecule has 2 atom stereocenters. The van der Waals surface area contributed by atoms with Crippen LogP contribution in [0.5, 0.6) is 0 Å². The van der Waals surface area contributed by atoms with E-state index in [9.17, 15) is 13.6 Å². The van der Waals surface area contributed by atoms with Gasteiger partial charge in [0.2, 0.25) is 5.91 Å². The molecular formula is C16H21ClF2N2O. The maximum absolute atomic E-state index is 13.6. The van der Waals surface area contributed by atoms with Gasteiger partial charge in [0.1, 0.15) is 11.6 Å². The summed E-state index contributed by atoms with van der Waals surface area (Å²) in [5.74, 6) is -0.639. The summed E-state index contributed by atoms with van der Waals surface area (Å²) in [4.78, 5) is 12.6. The van der Waals surface area contributed by atoms with E-state index in [1.807, 2.05) is 0 Å². The number of fused-ring (bicyclic) bond motifs is 1. The average Bonchev–Trinajstić information content (AvgIpc) is 2.93. The molecule has 1 heterocycles. The molecule has 0 bridgehead atoms. The van der Waals surface area contributed by atoms with Crippen molar-refractivity contribution >= 4 is 18.3 Å². The topological polar surface area (TPSA) is 41.1 Å². The number of hydrogen-bond donors (Lipinski definition) is 2. The second-order valence-corrected chi connectivity index (χ2v) is 6.15. The van der Waals surface area contributed by atoms with E-state index in [-0.39, 0.29) is 35.8 Å². The molecule has 2 aliphatic rings. The van der Waals surface area contributed by atoms with Crippen LogP contribution in [0.4, 0.5) is 8.78 Å². The zero-order valence-electron chi connectivity index (χ0n) is 12.3. The Morgan fingerprint density at radius 3 is 3.00 bits per heavy atom. The lowest BCUT2D eigenvalue weighted by Crippen LogP contribution is -2.47. The van der Waals surface area contributed by atoms with Crippen molar-refractivity contribution < 1.29 is 13.6 Å². The average molecular weight is 331 g/mol. The van der Waals surface area contributed by atoms with Crippen LogP contribution in [-0.4, -0.2) is 19.0 Å². The normalized spacial score (nSPS) is 26.9. The Morgan fingerprint density at radius 2 is 2.18 bits per heavy atom. The summed E-state index contributed by atoms with van der Waals surface area (Å²) in [6, 6.07) is 3.31. The van der Waals surface area contributed by atoms with Gasteiger partial charge >= 0.3 is 0 Å². The maximum Gasteiger partial charge on any atom is 0.228 e. The minimum Gasteiger partial charge on any atom is -0.351 e. The van der Waals surface area contributed by atoms with E-state index in [2.05, 4.69) is 10.6 Å². The van der Waals surface area contributed by atoms with E-state index in [0.717, 1.165) is 44.0 Å². The van der Waals surface area contributed by atoms with Crippen molar-refractivity contribution in [3.8, 4) is 0 Å². The minimum absolute atomic E-state index is 0. The van der Waals surface area contributed by atoms with E-state index in [4.69, 9.17) is 0 Å². The fraction of sp³-hybridized carbons (Fsp3) is 0.562. The summed E-state index contributed by atoms with van der Waals surface area (Å²) in [6.07, 6.45) is 4.16. The van der Waals surface area contributed by atoms with E-state index in [1.165, 1.54) is 6.42 Å². The monoisotopic (exact) mass is 330 g/mol. The summed E-state index contributed by atoms with van der Waals surface area (Å²) in [5.41, 5.74) is -0.166. The van der Waals surface area contributed by atoms with Gasteiger partial charge in [-0.1, -0.05) is 12.8 Å². The van der Waals surface area contributed by atoms with Crippen LogP contribution >= 0.6 is 12.4 Å². The first-order chi connectivity index (χ1) is 10.1. The summed E-state index contributed by atoms with van der Waals surface area (Å²) < 4.78 is 26.7. The van der Waals surface area contributed by atoms with Gasteiger partial charge in [-0.3, -0.25) is 4.79 Å². The Hall–Kier alpha value is -1.20. The third-order valence-electron chi connectivity index (χ3n) is 4.94. The predicted molar refractivity (Wildman–Crippen MR) is 82.7 cm³/mol. The molecule has 1 aliphatic carbocycles. The molecule has 1 saturated carbocycles. The van der Waals surface area contributed by atoms with E-state index in [1.54, 1.807) is 0 Å². The number of rotatable bonds is 3. The highest BCUT2D eigenvalue weighted by Crippen LogP contribution is 2.43. The van der Waals surface area contributed by atoms with Crippen LogP contribution in [0.15, 0.2) is 18.2 Å². The molecule has 22 heavy (non-hydrogen) atoms. The number of halogens is 3. The molecule has 1 aromatic carbocycles. The number of carbonyl (C=O) groups is 1. The molecule has 1 aromatic rings. The van der Waals surface area contributed by atoms with E-state index < -0.39 is 11.6 Å². The molecular weight excluding hydrogens is 310 g/mol. The standard InChI is InChI=1S/C16H20F2N2O.ClH/c17-13-4-5-14(18)11(7-13)8-20-15(21)16-6-2-1-3-12(16)9-19-10-16;/h4-5,7,12,19H,1-3,6,8-10H2,(H,20,21);1H/t12-,16+;/m0./s1. The molecule has 2 N–H and O–H groups in total. The van der Waals surface area contributed by atoms with Crippen molar-refractivity contribution in [3.05, 3.63) is 35.4 Å². The largest absolute Gasteiger partial charge is 0.351 e. The Kier molecular flexibility index (Phi) is 5.40. The molecule has 1 amide bonds. The summed E-state index contributed by atoms with van der Waals surface area (Å²) >= 11 is 0. The number of amides is 1. The van der Waals surface area contributed by atoms with Crippen LogP contribution < -0.4 is 10.6 Å². The van der Waals surface area contributed by atoms with Gasteiger partial charge in [0.25, 0.3) is 0 Å². The zero-order chi connectivity index (χ0) is 14.9. The Labute approximate surface area is 135 Å². The Bertz CT molecular complexity index is 555. The van der Waals surface area contributed by atoms with Gasteiger partial charge in [0, 0.05) is 18.7 Å². The third kappa shape index (κ3) is 3.10. The summed E-state index contributed by atoms with van der Waals surface area (Å²) in [6.45, 7) is 1.60. The van der Waals surface area contributed by atoms with Gasteiger partial charge in [-0.15, -0.1) is 12.4 Å². The quantitative estimate of drug-likeness (QED) is 0.894. The first-order valence-corrected chi connectivity index (χ1v) is 7.55. The SMILES string of the molecule is Cl.O=C(NCc1cc(F)ccc1F)[C@@]12CCCC[C@H]1CNC2. The molecule has 3 nitrogen and oxygen atoms in total. The van der Waals surface area contributed by atoms with Gasteiger partial charge in [0.05, 0.1) is 5.41 Å². The summed E-state index contributed by atoms with van der Waals surface area (Å²) in [7, 11) is 0. The fourth-order valence-corrected chi connectivity index (χ4v) is 3.72. The first-order valence-electron chi connectivity index (χ1n) is 7.55. The zero-order valence-corrected chi connectivity index (χ0v) is 13.1. The van der Waals surface area contributed by atoms with Crippen molar-refractivity contribution in [2.24, 2.45) is 11.3 Å². The highest BCUT2D eigenvalue weighted by molar-refractivity contribution is 5.85. The second kappa shape index (κ2) is 6.92. The summed E-state index contributed by atoms with van der Waals surface area (Å²) in [5, 5.41) is 6.12. The molecule has 2 fully saturated rings. The minimum atomic E-state index is -0.489. The van der Waals surface area contributed by atoms with Gasteiger partial charge in [-0.25, -0.2) is 8.78 Å². The lowest BCUT2D eigenvalue weighted by Gasteiger charge is -2.37. The molecule has 3 rings (SSSR count). The first kappa shape index (κ1) is 17.2. The molecule has 0 radical (unpaired) electrons. The van der Waals surface area contributed by atoms with Crippen LogP contribution in [0.3, 0.4) is 0 Å². The van der Waals surface area contributed by atoms with Gasteiger partial charge in [-0.05, 0) is 43.5 Å². The van der Waals surface area contributed by atoms with Crippen molar-refractivity contribution in [2.45, 2.75) is 32.2 Å². The van der Waals surface area contributed by atoms with Crippen molar-refractivity contribution in [1.29, 1.82) is 0 Å². The fourth-order valence-electron chi connectivity index (χ4n) is 3.72. The molecule has 6 heteroatoms. The molecule has 0 aromatic heterocycles. The Balaban J connectivity index is 0.00000176. The van der Waals surface area contributed by atoms with Crippen molar-refractivity contribution in [2.75, 3.05) is 13.1 Å². The van der Waals surface area contributed by atoms with Gasteiger partial charge in [0.15, 0.2) is 0 Å². The van der Waals surface area contributed by atoms with Gasteiger partial charge < -0.3 is 10.6 Å². The predicted octanol–water partition coefficient (Wildman–Crippen LogP) is 2.78. The number of carbonyl (C=O) groups excluding carboxylic acids is 1. The lowest BCUT2D eigenvalue weighted by atomic mass is 9.67. The number of nitrogens with one attached hydrogen (secondary N) is 2. The Morgan fingerprint density at radius 1 is 1.36 bits per heavy atom. The highest BCUT2D eigenvalue weighted by Gasteiger charge is 2.49. The molecule has 1 aliphatic heterocycles. The van der Waals surface area contributed by atoms with Crippen molar-refractivity contribution in [1.82, 2.24) is 10.6 Å². The van der Waals surface area contributed by atoms with Crippen LogP contribution in [-0.2, 0) is 11.3 Å².